The van der Waals surface area contributed by atoms with Gasteiger partial charge in [-0.1, -0.05) is 5.16 Å². The van der Waals surface area contributed by atoms with Gasteiger partial charge in [0.05, 0.1) is 16.4 Å². The Labute approximate surface area is 100 Å². The van der Waals surface area contributed by atoms with Crippen LogP contribution in [0.4, 0.5) is 0 Å². The van der Waals surface area contributed by atoms with Crippen molar-refractivity contribution in [2.24, 2.45) is 10.9 Å². The SMILES string of the molecule is N/C(=N\O)c1ccc(-n2cc(Br)cn2)cc1. The number of nitrogens with zero attached hydrogens (tertiary/aromatic N) is 3. The van der Waals surface area contributed by atoms with Crippen molar-refractivity contribution in [3.05, 3.63) is 46.7 Å². The maximum atomic E-state index is 8.52. The van der Waals surface area contributed by atoms with Crippen molar-refractivity contribution in [1.29, 1.82) is 0 Å². The molecule has 0 saturated heterocycles. The van der Waals surface area contributed by atoms with Crippen molar-refractivity contribution in [2.75, 3.05) is 0 Å². The van der Waals surface area contributed by atoms with Gasteiger partial charge in [0.25, 0.3) is 0 Å². The van der Waals surface area contributed by atoms with E-state index in [1.807, 2.05) is 18.3 Å². The van der Waals surface area contributed by atoms with Gasteiger partial charge < -0.3 is 10.9 Å². The van der Waals surface area contributed by atoms with Crippen LogP contribution < -0.4 is 5.73 Å². The van der Waals surface area contributed by atoms with E-state index in [-0.39, 0.29) is 5.84 Å². The fraction of sp³-hybridized carbons (Fsp3) is 0. The summed E-state index contributed by atoms with van der Waals surface area (Å²) >= 11 is 3.32. The second kappa shape index (κ2) is 4.36. The van der Waals surface area contributed by atoms with Crippen LogP contribution in [0.5, 0.6) is 0 Å². The summed E-state index contributed by atoms with van der Waals surface area (Å²) in [5.74, 6) is 0.0909. The van der Waals surface area contributed by atoms with E-state index in [9.17, 15) is 0 Å². The maximum absolute atomic E-state index is 8.52. The molecule has 6 heteroatoms. The van der Waals surface area contributed by atoms with Gasteiger partial charge in [0.1, 0.15) is 0 Å². The topological polar surface area (TPSA) is 76.4 Å². The van der Waals surface area contributed by atoms with Gasteiger partial charge in [-0.2, -0.15) is 5.10 Å². The van der Waals surface area contributed by atoms with Gasteiger partial charge in [-0.3, -0.25) is 0 Å². The van der Waals surface area contributed by atoms with Crippen LogP contribution in [0, 0.1) is 0 Å². The van der Waals surface area contributed by atoms with Gasteiger partial charge in [-0.25, -0.2) is 4.68 Å². The van der Waals surface area contributed by atoms with Gasteiger partial charge >= 0.3 is 0 Å². The molecular weight excluding hydrogens is 272 g/mol. The number of hydrogen-bond donors (Lipinski definition) is 2. The first-order valence-corrected chi connectivity index (χ1v) is 5.28. The molecule has 5 nitrogen and oxygen atoms in total. The molecule has 0 radical (unpaired) electrons. The molecule has 0 aliphatic carbocycles. The number of hydrogen-bond acceptors (Lipinski definition) is 3. The fourth-order valence-corrected chi connectivity index (χ4v) is 1.57. The zero-order valence-electron chi connectivity index (χ0n) is 8.21. The molecule has 0 unspecified atom stereocenters. The Kier molecular flexibility index (Phi) is 2.91. The summed E-state index contributed by atoms with van der Waals surface area (Å²) in [6.45, 7) is 0. The van der Waals surface area contributed by atoms with E-state index in [1.54, 1.807) is 23.0 Å². The zero-order valence-corrected chi connectivity index (χ0v) is 9.79. The molecule has 16 heavy (non-hydrogen) atoms. The van der Waals surface area contributed by atoms with E-state index in [0.717, 1.165) is 10.2 Å². The molecule has 0 bridgehead atoms. The second-order valence-electron chi connectivity index (χ2n) is 3.14. The molecule has 0 amide bonds. The molecule has 2 aromatic rings. The lowest BCUT2D eigenvalue weighted by atomic mass is 10.2. The van der Waals surface area contributed by atoms with E-state index in [0.29, 0.717) is 5.56 Å². The number of benzene rings is 1. The number of oxime groups is 1. The molecule has 82 valence electrons. The van der Waals surface area contributed by atoms with Gasteiger partial charge in [-0.05, 0) is 40.2 Å². The third-order valence-corrected chi connectivity index (χ3v) is 2.50. The number of halogens is 1. The van der Waals surface area contributed by atoms with Crippen LogP contribution in [0.25, 0.3) is 5.69 Å². The smallest absolute Gasteiger partial charge is 0.170 e. The summed E-state index contributed by atoms with van der Waals surface area (Å²) in [5.41, 5.74) is 7.02. The molecule has 2 rings (SSSR count). The lowest BCUT2D eigenvalue weighted by Gasteiger charge is -2.02. The largest absolute Gasteiger partial charge is 0.409 e. The second-order valence-corrected chi connectivity index (χ2v) is 4.05. The molecule has 0 spiro atoms. The predicted molar refractivity (Wildman–Crippen MR) is 63.8 cm³/mol. The maximum Gasteiger partial charge on any atom is 0.170 e. The summed E-state index contributed by atoms with van der Waals surface area (Å²) in [7, 11) is 0. The highest BCUT2D eigenvalue weighted by molar-refractivity contribution is 9.10. The van der Waals surface area contributed by atoms with Gasteiger partial charge in [0.2, 0.25) is 0 Å². The van der Waals surface area contributed by atoms with Crippen LogP contribution in [0.1, 0.15) is 5.56 Å². The minimum atomic E-state index is 0.0909. The Morgan fingerprint density at radius 3 is 2.56 bits per heavy atom. The molecule has 1 aromatic heterocycles. The molecule has 0 saturated carbocycles. The third kappa shape index (κ3) is 2.06. The minimum absolute atomic E-state index is 0.0909. The first-order valence-electron chi connectivity index (χ1n) is 4.49. The molecule has 0 atom stereocenters. The molecule has 0 fully saturated rings. The van der Waals surface area contributed by atoms with Crippen molar-refractivity contribution in [3.63, 3.8) is 0 Å². The van der Waals surface area contributed by atoms with Crippen LogP contribution in [0.15, 0.2) is 46.3 Å². The highest BCUT2D eigenvalue weighted by Crippen LogP contribution is 2.13. The van der Waals surface area contributed by atoms with Crippen LogP contribution in [-0.2, 0) is 0 Å². The van der Waals surface area contributed by atoms with Gasteiger partial charge in [-0.15, -0.1) is 0 Å². The fourth-order valence-electron chi connectivity index (χ4n) is 1.28. The van der Waals surface area contributed by atoms with Crippen LogP contribution in [0.2, 0.25) is 0 Å². The first-order chi connectivity index (χ1) is 7.70. The number of amidine groups is 1. The highest BCUT2D eigenvalue weighted by atomic mass is 79.9. The van der Waals surface area contributed by atoms with E-state index in [1.165, 1.54) is 0 Å². The molecular formula is C10H9BrN4O. The normalized spacial score (nSPS) is 11.7. The monoisotopic (exact) mass is 280 g/mol. The molecule has 1 heterocycles. The van der Waals surface area contributed by atoms with E-state index >= 15 is 0 Å². The van der Waals surface area contributed by atoms with Crippen LogP contribution >= 0.6 is 15.9 Å². The number of aromatic nitrogens is 2. The zero-order chi connectivity index (χ0) is 11.5. The Hall–Kier alpha value is -1.82. The average Bonchev–Trinajstić information content (AvgIpc) is 2.75. The Morgan fingerprint density at radius 2 is 2.06 bits per heavy atom. The van der Waals surface area contributed by atoms with Crippen molar-refractivity contribution in [2.45, 2.75) is 0 Å². The summed E-state index contributed by atoms with van der Waals surface area (Å²) in [6.07, 6.45) is 3.55. The van der Waals surface area contributed by atoms with E-state index in [2.05, 4.69) is 26.2 Å². The average molecular weight is 281 g/mol. The summed E-state index contributed by atoms with van der Waals surface area (Å²) < 4.78 is 2.63. The Balaban J connectivity index is 2.33. The Bertz CT molecular complexity index is 518. The number of nitrogens with two attached hydrogens (primary N) is 1. The van der Waals surface area contributed by atoms with Crippen molar-refractivity contribution in [3.8, 4) is 5.69 Å². The lowest BCUT2D eigenvalue weighted by molar-refractivity contribution is 0.318. The lowest BCUT2D eigenvalue weighted by Crippen LogP contribution is -2.12. The first kappa shape index (κ1) is 10.7. The Morgan fingerprint density at radius 1 is 1.38 bits per heavy atom. The third-order valence-electron chi connectivity index (χ3n) is 2.09. The minimum Gasteiger partial charge on any atom is -0.409 e. The molecule has 0 aliphatic rings. The van der Waals surface area contributed by atoms with E-state index < -0.39 is 0 Å². The van der Waals surface area contributed by atoms with Gasteiger partial charge in [0.15, 0.2) is 5.84 Å². The standard InChI is InChI=1S/C10H9BrN4O/c11-8-5-13-15(6-8)9-3-1-7(2-4-9)10(12)14-16/h1-6,16H,(H2,12,14). The quantitative estimate of drug-likeness (QED) is 0.381. The number of rotatable bonds is 2. The highest BCUT2D eigenvalue weighted by Gasteiger charge is 2.01. The summed E-state index contributed by atoms with van der Waals surface area (Å²) in [6, 6.07) is 7.21. The van der Waals surface area contributed by atoms with Crippen molar-refractivity contribution < 1.29 is 5.21 Å². The summed E-state index contributed by atoms with van der Waals surface area (Å²) in [5, 5.41) is 15.6. The summed E-state index contributed by atoms with van der Waals surface area (Å²) in [4.78, 5) is 0. The molecule has 1 aromatic carbocycles. The molecule has 0 aliphatic heterocycles. The predicted octanol–water partition coefficient (Wildman–Crippen LogP) is 1.73. The van der Waals surface area contributed by atoms with Gasteiger partial charge in [0, 0.05) is 11.8 Å². The van der Waals surface area contributed by atoms with Crippen molar-refractivity contribution in [1.82, 2.24) is 9.78 Å². The van der Waals surface area contributed by atoms with E-state index in [4.69, 9.17) is 10.9 Å². The molecule has 3 N–H and O–H groups in total. The van der Waals surface area contributed by atoms with Crippen molar-refractivity contribution >= 4 is 21.8 Å². The van der Waals surface area contributed by atoms with Crippen LogP contribution in [0.3, 0.4) is 0 Å². The van der Waals surface area contributed by atoms with Crippen LogP contribution in [-0.4, -0.2) is 20.8 Å².